The van der Waals surface area contributed by atoms with Crippen molar-refractivity contribution in [3.05, 3.63) is 76.0 Å². The number of nitrogens with one attached hydrogen (secondary N) is 1. The zero-order chi connectivity index (χ0) is 17.0. The molecule has 0 saturated heterocycles. The molecule has 1 heterocycles. The van der Waals surface area contributed by atoms with Crippen molar-refractivity contribution < 1.29 is 8.42 Å². The molecule has 6 heteroatoms. The number of benzene rings is 2. The lowest BCUT2D eigenvalue weighted by molar-refractivity contribution is 0.609. The molecule has 0 fully saturated rings. The number of hydrogen-bond donors (Lipinski definition) is 1. The van der Waals surface area contributed by atoms with Gasteiger partial charge in [0, 0.05) is 16.6 Å². The number of anilines is 1. The first-order valence-corrected chi connectivity index (χ1v) is 9.73. The van der Waals surface area contributed by atoms with Crippen molar-refractivity contribution in [2.75, 3.05) is 4.72 Å². The van der Waals surface area contributed by atoms with Crippen molar-refractivity contribution in [2.24, 2.45) is 0 Å². The molecule has 0 atom stereocenters. The second kappa shape index (κ2) is 6.98. The molecule has 1 aromatic heterocycles. The van der Waals surface area contributed by atoms with Gasteiger partial charge in [-0.25, -0.2) is 13.4 Å². The monoisotopic (exact) mass is 356 g/mol. The van der Waals surface area contributed by atoms with Crippen LogP contribution in [0.15, 0.2) is 65.4 Å². The van der Waals surface area contributed by atoms with E-state index < -0.39 is 10.0 Å². The molecule has 0 aliphatic carbocycles. The minimum absolute atomic E-state index is 0.517. The molecule has 4 nitrogen and oxygen atoms in total. The summed E-state index contributed by atoms with van der Waals surface area (Å²) in [5.41, 5.74) is 3.21. The summed E-state index contributed by atoms with van der Waals surface area (Å²) in [5, 5.41) is 4.15. The Bertz CT molecular complexity index is 944. The Kier molecular flexibility index (Phi) is 4.78. The smallest absolute Gasteiger partial charge is 0.255 e. The molecule has 0 aliphatic rings. The Morgan fingerprint density at radius 2 is 1.75 bits per heavy atom. The van der Waals surface area contributed by atoms with Crippen LogP contribution >= 0.6 is 11.3 Å². The zero-order valence-corrected chi connectivity index (χ0v) is 14.6. The predicted molar refractivity (Wildman–Crippen MR) is 100 cm³/mol. The summed E-state index contributed by atoms with van der Waals surface area (Å²) in [6, 6.07) is 16.5. The quantitative estimate of drug-likeness (QED) is 0.730. The van der Waals surface area contributed by atoms with Crippen LogP contribution < -0.4 is 4.72 Å². The average molecular weight is 356 g/mol. The van der Waals surface area contributed by atoms with Crippen LogP contribution in [0.4, 0.5) is 5.69 Å². The third kappa shape index (κ3) is 4.31. The highest BCUT2D eigenvalue weighted by molar-refractivity contribution is 7.95. The van der Waals surface area contributed by atoms with Crippen LogP contribution in [0, 0.1) is 6.92 Å². The van der Waals surface area contributed by atoms with E-state index in [4.69, 9.17) is 0 Å². The topological polar surface area (TPSA) is 59.1 Å². The largest absolute Gasteiger partial charge is 0.280 e. The second-order valence-electron chi connectivity index (χ2n) is 5.19. The van der Waals surface area contributed by atoms with Gasteiger partial charge < -0.3 is 0 Å². The van der Waals surface area contributed by atoms with Crippen LogP contribution in [0.5, 0.6) is 0 Å². The van der Waals surface area contributed by atoms with Crippen molar-refractivity contribution in [1.82, 2.24) is 4.98 Å². The number of hydrogen-bond acceptors (Lipinski definition) is 4. The maximum atomic E-state index is 12.1. The molecule has 0 saturated carbocycles. The van der Waals surface area contributed by atoms with Gasteiger partial charge in [-0.05, 0) is 30.7 Å². The number of aryl methyl sites for hydroxylation is 1. The molecule has 3 rings (SSSR count). The summed E-state index contributed by atoms with van der Waals surface area (Å²) in [6.45, 7) is 1.95. The molecule has 0 aliphatic heterocycles. The number of sulfonamides is 1. The number of rotatable bonds is 5. The summed E-state index contributed by atoms with van der Waals surface area (Å²) >= 11 is 1.59. The van der Waals surface area contributed by atoms with E-state index in [2.05, 4.69) is 9.71 Å². The zero-order valence-electron chi connectivity index (χ0n) is 13.0. The van der Waals surface area contributed by atoms with E-state index in [0.29, 0.717) is 5.69 Å². The van der Waals surface area contributed by atoms with Gasteiger partial charge in [-0.3, -0.25) is 4.72 Å². The van der Waals surface area contributed by atoms with Crippen LogP contribution in [0.1, 0.15) is 10.6 Å². The van der Waals surface area contributed by atoms with Crippen LogP contribution in [0.2, 0.25) is 0 Å². The molecule has 0 amide bonds. The first kappa shape index (κ1) is 16.4. The van der Waals surface area contributed by atoms with E-state index in [1.807, 2.05) is 54.8 Å². The van der Waals surface area contributed by atoms with E-state index in [1.165, 1.54) is 5.41 Å². The summed E-state index contributed by atoms with van der Waals surface area (Å²) in [7, 11) is -3.55. The van der Waals surface area contributed by atoms with Crippen molar-refractivity contribution in [3.8, 4) is 11.3 Å². The normalized spacial score (nSPS) is 11.7. The van der Waals surface area contributed by atoms with Gasteiger partial charge in [0.05, 0.1) is 16.1 Å². The highest BCUT2D eigenvalue weighted by Crippen LogP contribution is 2.23. The molecular weight excluding hydrogens is 340 g/mol. The van der Waals surface area contributed by atoms with Gasteiger partial charge >= 0.3 is 0 Å². The molecule has 122 valence electrons. The lowest BCUT2D eigenvalue weighted by Crippen LogP contribution is -2.08. The van der Waals surface area contributed by atoms with Crippen molar-refractivity contribution in [2.45, 2.75) is 6.92 Å². The fourth-order valence-electron chi connectivity index (χ4n) is 2.14. The van der Waals surface area contributed by atoms with Gasteiger partial charge in [-0.1, -0.05) is 42.5 Å². The summed E-state index contributed by atoms with van der Waals surface area (Å²) in [5.74, 6) is 0. The molecule has 1 N–H and O–H groups in total. The highest BCUT2D eigenvalue weighted by Gasteiger charge is 2.07. The van der Waals surface area contributed by atoms with E-state index in [0.717, 1.165) is 21.8 Å². The Morgan fingerprint density at radius 1 is 1.04 bits per heavy atom. The third-order valence-electron chi connectivity index (χ3n) is 3.30. The Hall–Kier alpha value is -2.44. The second-order valence-corrected chi connectivity index (χ2v) is 7.82. The molecule has 0 bridgehead atoms. The average Bonchev–Trinajstić information content (AvgIpc) is 3.01. The van der Waals surface area contributed by atoms with E-state index >= 15 is 0 Å². The third-order valence-corrected chi connectivity index (χ3v) is 5.09. The van der Waals surface area contributed by atoms with Gasteiger partial charge in [0.25, 0.3) is 10.0 Å². The lowest BCUT2D eigenvalue weighted by atomic mass is 10.1. The van der Waals surface area contributed by atoms with Crippen molar-refractivity contribution >= 4 is 33.1 Å². The van der Waals surface area contributed by atoms with Crippen LogP contribution in [-0.2, 0) is 10.0 Å². The summed E-state index contributed by atoms with van der Waals surface area (Å²) < 4.78 is 26.8. The highest BCUT2D eigenvalue weighted by atomic mass is 32.2. The minimum atomic E-state index is -3.55. The number of aromatic nitrogens is 1. The Labute approximate surface area is 145 Å². The van der Waals surface area contributed by atoms with Gasteiger partial charge in [-0.15, -0.1) is 11.3 Å². The fourth-order valence-corrected chi connectivity index (χ4v) is 3.63. The van der Waals surface area contributed by atoms with Crippen molar-refractivity contribution in [1.29, 1.82) is 0 Å². The Morgan fingerprint density at radius 3 is 2.38 bits per heavy atom. The molecule has 0 unspecified atom stereocenters. The van der Waals surface area contributed by atoms with E-state index in [1.54, 1.807) is 29.5 Å². The molecule has 3 aromatic rings. The number of nitrogens with zero attached hydrogens (tertiary/aromatic N) is 1. The van der Waals surface area contributed by atoms with E-state index in [-0.39, 0.29) is 0 Å². The lowest BCUT2D eigenvalue weighted by Gasteiger charge is -2.05. The summed E-state index contributed by atoms with van der Waals surface area (Å²) in [6.07, 6.45) is 1.56. The molecule has 0 spiro atoms. The molecular formula is C18H16N2O2S2. The van der Waals surface area contributed by atoms with Gasteiger partial charge in [-0.2, -0.15) is 0 Å². The fraction of sp³-hybridized carbons (Fsp3) is 0.0556. The molecule has 24 heavy (non-hydrogen) atoms. The van der Waals surface area contributed by atoms with Gasteiger partial charge in [0.2, 0.25) is 0 Å². The van der Waals surface area contributed by atoms with Crippen LogP contribution in [0.25, 0.3) is 17.3 Å². The maximum absolute atomic E-state index is 12.1. The van der Waals surface area contributed by atoms with Crippen LogP contribution in [-0.4, -0.2) is 13.4 Å². The van der Waals surface area contributed by atoms with Gasteiger partial charge in [0.1, 0.15) is 0 Å². The van der Waals surface area contributed by atoms with Gasteiger partial charge in [0.15, 0.2) is 0 Å². The SMILES string of the molecule is Cc1nc(-c2ccc(NS(=O)(=O)/C=C/c3ccccc3)cc2)cs1. The summed E-state index contributed by atoms with van der Waals surface area (Å²) in [4.78, 5) is 4.42. The first-order valence-electron chi connectivity index (χ1n) is 7.30. The van der Waals surface area contributed by atoms with Crippen LogP contribution in [0.3, 0.4) is 0 Å². The van der Waals surface area contributed by atoms with E-state index in [9.17, 15) is 8.42 Å². The first-order chi connectivity index (χ1) is 11.5. The molecule has 2 aromatic carbocycles. The molecule has 0 radical (unpaired) electrons. The Balaban J connectivity index is 1.72. The standard InChI is InChI=1S/C18H16N2O2S2/c1-14-19-18(13-23-14)16-7-9-17(10-8-16)20-24(21,22)12-11-15-5-3-2-4-6-15/h2-13,20H,1H3/b12-11+. The number of thiazole rings is 1. The maximum Gasteiger partial charge on any atom is 0.255 e. The van der Waals surface area contributed by atoms with Crippen molar-refractivity contribution in [3.63, 3.8) is 0 Å². The predicted octanol–water partition coefficient (Wildman–Crippen LogP) is 4.53. The minimum Gasteiger partial charge on any atom is -0.280 e.